The molecule has 0 bridgehead atoms. The van der Waals surface area contributed by atoms with Gasteiger partial charge in [-0.1, -0.05) is 23.8 Å². The molecule has 5 nitrogen and oxygen atoms in total. The molecule has 1 fully saturated rings. The number of amides is 2. The highest BCUT2D eigenvalue weighted by molar-refractivity contribution is 5.74. The monoisotopic (exact) mass is 317 g/mol. The lowest BCUT2D eigenvalue weighted by Gasteiger charge is -2.35. The van der Waals surface area contributed by atoms with Gasteiger partial charge in [-0.3, -0.25) is 0 Å². The second kappa shape index (κ2) is 8.58. The fraction of sp³-hybridized carbons (Fsp3) is 0.500. The molecule has 0 saturated carbocycles. The van der Waals surface area contributed by atoms with Crippen LogP contribution >= 0.6 is 0 Å². The maximum Gasteiger partial charge on any atom is 0.318 e. The molecular formula is C18H27N3O2. The molecule has 1 aliphatic heterocycles. The minimum atomic E-state index is -0.130. The summed E-state index contributed by atoms with van der Waals surface area (Å²) in [5.74, 6) is 0. The molecule has 1 atom stereocenters. The molecule has 2 amide bonds. The quantitative estimate of drug-likeness (QED) is 0.791. The lowest BCUT2D eigenvalue weighted by atomic mass is 10.0. The summed E-state index contributed by atoms with van der Waals surface area (Å²) in [6, 6.07) is 8.50. The van der Waals surface area contributed by atoms with E-state index in [1.54, 1.807) is 11.0 Å². The fourth-order valence-corrected chi connectivity index (χ4v) is 2.90. The topological polar surface area (TPSA) is 55.8 Å². The van der Waals surface area contributed by atoms with E-state index < -0.39 is 0 Å². The predicted molar refractivity (Wildman–Crippen MR) is 93.8 cm³/mol. The molecule has 1 saturated heterocycles. The Morgan fingerprint density at radius 3 is 2.87 bits per heavy atom. The molecule has 1 aliphatic rings. The van der Waals surface area contributed by atoms with Crippen molar-refractivity contribution in [3.8, 4) is 0 Å². The molecule has 0 aliphatic carbocycles. The summed E-state index contributed by atoms with van der Waals surface area (Å²) in [6.45, 7) is 8.30. The number of nitrogens with one attached hydrogen (secondary N) is 1. The summed E-state index contributed by atoms with van der Waals surface area (Å²) < 4.78 is 0. The van der Waals surface area contributed by atoms with Crippen LogP contribution in [0, 0.1) is 6.92 Å². The summed E-state index contributed by atoms with van der Waals surface area (Å²) in [6.07, 6.45) is 3.71. The van der Waals surface area contributed by atoms with Crippen LogP contribution in [-0.2, 0) is 0 Å². The minimum Gasteiger partial charge on any atom is -0.395 e. The molecule has 126 valence electrons. The number of piperidine rings is 1. The van der Waals surface area contributed by atoms with E-state index in [2.05, 4.69) is 48.0 Å². The van der Waals surface area contributed by atoms with Crippen LogP contribution in [0.15, 0.2) is 36.9 Å². The maximum atomic E-state index is 12.3. The molecule has 0 radical (unpaired) electrons. The first-order chi connectivity index (χ1) is 11.1. The number of rotatable bonds is 6. The second-order valence-corrected chi connectivity index (χ2v) is 6.03. The maximum absolute atomic E-state index is 12.3. The van der Waals surface area contributed by atoms with Gasteiger partial charge in [-0.05, 0) is 31.9 Å². The Labute approximate surface area is 138 Å². The first kappa shape index (κ1) is 17.3. The van der Waals surface area contributed by atoms with Gasteiger partial charge in [-0.2, -0.15) is 0 Å². The van der Waals surface area contributed by atoms with Crippen LogP contribution in [-0.4, -0.2) is 54.9 Å². The number of anilines is 1. The highest BCUT2D eigenvalue weighted by Gasteiger charge is 2.23. The summed E-state index contributed by atoms with van der Waals surface area (Å²) in [4.78, 5) is 16.2. The summed E-state index contributed by atoms with van der Waals surface area (Å²) in [7, 11) is 0. The number of nitrogens with zero attached hydrogens (tertiary/aromatic N) is 2. The van der Waals surface area contributed by atoms with Gasteiger partial charge in [0.15, 0.2) is 0 Å². The number of urea groups is 1. The lowest BCUT2D eigenvalue weighted by Crippen LogP contribution is -2.52. The Morgan fingerprint density at radius 2 is 2.22 bits per heavy atom. The van der Waals surface area contributed by atoms with Crippen molar-refractivity contribution in [3.63, 3.8) is 0 Å². The number of hydrogen-bond donors (Lipinski definition) is 2. The van der Waals surface area contributed by atoms with Gasteiger partial charge in [0.25, 0.3) is 0 Å². The smallest absolute Gasteiger partial charge is 0.318 e. The van der Waals surface area contributed by atoms with Crippen LogP contribution in [0.1, 0.15) is 18.4 Å². The van der Waals surface area contributed by atoms with Crippen molar-refractivity contribution < 1.29 is 9.90 Å². The van der Waals surface area contributed by atoms with Crippen LogP contribution in [0.3, 0.4) is 0 Å². The molecule has 0 spiro atoms. The van der Waals surface area contributed by atoms with Gasteiger partial charge in [-0.15, -0.1) is 6.58 Å². The highest BCUT2D eigenvalue weighted by Crippen LogP contribution is 2.20. The van der Waals surface area contributed by atoms with Crippen molar-refractivity contribution in [2.45, 2.75) is 25.8 Å². The predicted octanol–water partition coefficient (Wildman–Crippen LogP) is 2.15. The van der Waals surface area contributed by atoms with Gasteiger partial charge >= 0.3 is 6.03 Å². The average Bonchev–Trinajstić information content (AvgIpc) is 2.55. The van der Waals surface area contributed by atoms with Crippen molar-refractivity contribution in [1.82, 2.24) is 10.2 Å². The second-order valence-electron chi connectivity index (χ2n) is 6.03. The van der Waals surface area contributed by atoms with Crippen LogP contribution in [0.4, 0.5) is 10.5 Å². The molecule has 1 aromatic carbocycles. The number of aliphatic hydroxyl groups is 1. The van der Waals surface area contributed by atoms with Gasteiger partial charge in [0.05, 0.1) is 6.61 Å². The first-order valence-corrected chi connectivity index (χ1v) is 8.23. The van der Waals surface area contributed by atoms with Crippen LogP contribution < -0.4 is 10.2 Å². The van der Waals surface area contributed by atoms with Crippen molar-refractivity contribution in [1.29, 1.82) is 0 Å². The van der Waals surface area contributed by atoms with E-state index in [0.29, 0.717) is 13.1 Å². The molecule has 0 aromatic heterocycles. The van der Waals surface area contributed by atoms with Crippen molar-refractivity contribution in [2.75, 3.05) is 37.7 Å². The van der Waals surface area contributed by atoms with Crippen molar-refractivity contribution >= 4 is 11.7 Å². The third-order valence-corrected chi connectivity index (χ3v) is 4.15. The third-order valence-electron chi connectivity index (χ3n) is 4.15. The summed E-state index contributed by atoms with van der Waals surface area (Å²) in [5.41, 5.74) is 2.45. The molecule has 1 heterocycles. The molecule has 2 N–H and O–H groups in total. The van der Waals surface area contributed by atoms with E-state index in [1.165, 1.54) is 11.3 Å². The molecule has 2 rings (SSSR count). The van der Waals surface area contributed by atoms with E-state index in [1.807, 2.05) is 0 Å². The van der Waals surface area contributed by atoms with E-state index in [-0.39, 0.29) is 18.7 Å². The van der Waals surface area contributed by atoms with Crippen LogP contribution in [0.2, 0.25) is 0 Å². The molecule has 23 heavy (non-hydrogen) atoms. The van der Waals surface area contributed by atoms with Gasteiger partial charge in [0.2, 0.25) is 0 Å². The Hall–Kier alpha value is -2.01. The van der Waals surface area contributed by atoms with Gasteiger partial charge < -0.3 is 20.2 Å². The zero-order valence-corrected chi connectivity index (χ0v) is 13.9. The number of benzene rings is 1. The molecule has 5 heteroatoms. The minimum absolute atomic E-state index is 0.0403. The van der Waals surface area contributed by atoms with E-state index in [9.17, 15) is 4.79 Å². The lowest BCUT2D eigenvalue weighted by molar-refractivity contribution is 0.179. The Morgan fingerprint density at radius 1 is 1.48 bits per heavy atom. The molecule has 1 unspecified atom stereocenters. The number of aliphatic hydroxyl groups excluding tert-OH is 1. The fourth-order valence-electron chi connectivity index (χ4n) is 2.90. The summed E-state index contributed by atoms with van der Waals surface area (Å²) in [5, 5.41) is 12.2. The van der Waals surface area contributed by atoms with Crippen molar-refractivity contribution in [3.05, 3.63) is 42.5 Å². The van der Waals surface area contributed by atoms with E-state index >= 15 is 0 Å². The molecular weight excluding hydrogens is 290 g/mol. The van der Waals surface area contributed by atoms with E-state index in [4.69, 9.17) is 5.11 Å². The highest BCUT2D eigenvalue weighted by atomic mass is 16.3. The van der Waals surface area contributed by atoms with Crippen LogP contribution in [0.5, 0.6) is 0 Å². The zero-order valence-electron chi connectivity index (χ0n) is 13.9. The standard InChI is InChI=1S/C18H27N3O2/c1-3-10-20(12-13-22)18(23)19-16-5-4-11-21(14-16)17-8-6-15(2)7-9-17/h3,6-9,16,22H,1,4-5,10-14H2,2H3,(H,19,23). The third kappa shape index (κ3) is 4.99. The Balaban J connectivity index is 1.93. The van der Waals surface area contributed by atoms with Crippen molar-refractivity contribution in [2.24, 2.45) is 0 Å². The summed E-state index contributed by atoms with van der Waals surface area (Å²) >= 11 is 0. The van der Waals surface area contributed by atoms with Gasteiger partial charge in [0, 0.05) is 37.9 Å². The largest absolute Gasteiger partial charge is 0.395 e. The number of aryl methyl sites for hydroxylation is 1. The van der Waals surface area contributed by atoms with E-state index in [0.717, 1.165) is 25.9 Å². The first-order valence-electron chi connectivity index (χ1n) is 8.23. The van der Waals surface area contributed by atoms with Gasteiger partial charge in [0.1, 0.15) is 0 Å². The Bertz CT molecular complexity index is 516. The van der Waals surface area contributed by atoms with Crippen LogP contribution in [0.25, 0.3) is 0 Å². The Kier molecular flexibility index (Phi) is 6.47. The average molecular weight is 317 g/mol. The number of hydrogen-bond acceptors (Lipinski definition) is 3. The van der Waals surface area contributed by atoms with Gasteiger partial charge in [-0.25, -0.2) is 4.79 Å². The zero-order chi connectivity index (χ0) is 16.7. The SMILES string of the molecule is C=CCN(CCO)C(=O)NC1CCCN(c2ccc(C)cc2)C1. The normalized spacial score (nSPS) is 17.7. The number of carbonyl (C=O) groups excluding carboxylic acids is 1. The molecule has 1 aromatic rings. The number of carbonyl (C=O) groups is 1.